The van der Waals surface area contributed by atoms with E-state index in [1.807, 2.05) is 18.2 Å². The van der Waals surface area contributed by atoms with E-state index in [9.17, 15) is 10.1 Å². The van der Waals surface area contributed by atoms with Gasteiger partial charge in [0.25, 0.3) is 5.69 Å². The Hall–Kier alpha value is -2.63. The Morgan fingerprint density at radius 1 is 1.26 bits per heavy atom. The molecule has 1 N–H and O–H groups in total. The van der Waals surface area contributed by atoms with Crippen LogP contribution in [-0.4, -0.2) is 17.0 Å². The molecule has 1 aromatic carbocycles. The first-order chi connectivity index (χ1) is 9.19. The van der Waals surface area contributed by atoms with Crippen LogP contribution < -0.4 is 10.1 Å². The van der Waals surface area contributed by atoms with Crippen LogP contribution in [0.15, 0.2) is 42.5 Å². The van der Waals surface area contributed by atoms with Crippen LogP contribution >= 0.6 is 0 Å². The predicted molar refractivity (Wildman–Crippen MR) is 71.2 cm³/mol. The molecule has 0 aliphatic carbocycles. The van der Waals surface area contributed by atoms with E-state index >= 15 is 0 Å². The normalized spacial score (nSPS) is 9.95. The van der Waals surface area contributed by atoms with E-state index in [0.717, 1.165) is 11.5 Å². The SMILES string of the molecule is CNc1cccc(COc2ccc([N+](=O)[O-])cc2)n1. The Morgan fingerprint density at radius 2 is 2.00 bits per heavy atom. The van der Waals surface area contributed by atoms with Crippen molar-refractivity contribution in [2.24, 2.45) is 0 Å². The van der Waals surface area contributed by atoms with E-state index in [0.29, 0.717) is 12.4 Å². The first-order valence-electron chi connectivity index (χ1n) is 5.70. The van der Waals surface area contributed by atoms with Crippen LogP contribution in [0, 0.1) is 10.1 Å². The maximum absolute atomic E-state index is 10.5. The van der Waals surface area contributed by atoms with Crippen molar-refractivity contribution < 1.29 is 9.66 Å². The van der Waals surface area contributed by atoms with Crippen LogP contribution in [0.4, 0.5) is 11.5 Å². The fourth-order valence-corrected chi connectivity index (χ4v) is 1.52. The molecule has 0 amide bonds. The van der Waals surface area contributed by atoms with Crippen molar-refractivity contribution in [1.29, 1.82) is 0 Å². The lowest BCUT2D eigenvalue weighted by Gasteiger charge is -2.06. The fraction of sp³-hybridized carbons (Fsp3) is 0.154. The summed E-state index contributed by atoms with van der Waals surface area (Å²) in [6.07, 6.45) is 0. The molecule has 0 radical (unpaired) electrons. The van der Waals surface area contributed by atoms with Crippen molar-refractivity contribution in [3.63, 3.8) is 0 Å². The van der Waals surface area contributed by atoms with E-state index in [1.54, 1.807) is 19.2 Å². The molecule has 0 saturated heterocycles. The molecule has 1 aromatic heterocycles. The zero-order chi connectivity index (χ0) is 13.7. The van der Waals surface area contributed by atoms with E-state index in [4.69, 9.17) is 4.74 Å². The molecule has 2 aromatic rings. The number of nitrogens with zero attached hydrogens (tertiary/aromatic N) is 2. The van der Waals surface area contributed by atoms with Gasteiger partial charge >= 0.3 is 0 Å². The molecule has 0 aliphatic rings. The number of pyridine rings is 1. The second kappa shape index (κ2) is 5.81. The number of nitrogens with one attached hydrogen (secondary N) is 1. The lowest BCUT2D eigenvalue weighted by Crippen LogP contribution is -2.00. The maximum atomic E-state index is 10.5. The third-order valence-electron chi connectivity index (χ3n) is 2.50. The second-order valence-electron chi connectivity index (χ2n) is 3.80. The predicted octanol–water partition coefficient (Wildman–Crippen LogP) is 2.61. The van der Waals surface area contributed by atoms with Gasteiger partial charge in [-0.3, -0.25) is 10.1 Å². The molecule has 6 nitrogen and oxygen atoms in total. The molecule has 98 valence electrons. The Labute approximate surface area is 110 Å². The highest BCUT2D eigenvalue weighted by Gasteiger charge is 2.04. The third-order valence-corrected chi connectivity index (χ3v) is 2.50. The Kier molecular flexibility index (Phi) is 3.92. The average molecular weight is 259 g/mol. The molecule has 0 fully saturated rings. The van der Waals surface area contributed by atoms with Crippen LogP contribution in [0.1, 0.15) is 5.69 Å². The summed E-state index contributed by atoms with van der Waals surface area (Å²) in [5.41, 5.74) is 0.827. The number of hydrogen-bond acceptors (Lipinski definition) is 5. The molecule has 0 spiro atoms. The highest BCUT2D eigenvalue weighted by atomic mass is 16.6. The van der Waals surface area contributed by atoms with Gasteiger partial charge in [-0.2, -0.15) is 0 Å². The summed E-state index contributed by atoms with van der Waals surface area (Å²) >= 11 is 0. The zero-order valence-corrected chi connectivity index (χ0v) is 10.4. The van der Waals surface area contributed by atoms with Crippen LogP contribution in [-0.2, 0) is 6.61 Å². The summed E-state index contributed by atoms with van der Waals surface area (Å²) < 4.78 is 5.51. The van der Waals surface area contributed by atoms with Gasteiger partial charge in [0.1, 0.15) is 18.2 Å². The Balaban J connectivity index is 1.99. The lowest BCUT2D eigenvalue weighted by molar-refractivity contribution is -0.384. The van der Waals surface area contributed by atoms with Gasteiger partial charge in [0.15, 0.2) is 0 Å². The monoisotopic (exact) mass is 259 g/mol. The number of rotatable bonds is 5. The molecule has 0 saturated carbocycles. The van der Waals surface area contributed by atoms with Crippen molar-refractivity contribution in [2.45, 2.75) is 6.61 Å². The van der Waals surface area contributed by atoms with Crippen LogP contribution in [0.3, 0.4) is 0 Å². The van der Waals surface area contributed by atoms with Crippen molar-refractivity contribution in [2.75, 3.05) is 12.4 Å². The van der Waals surface area contributed by atoms with Gasteiger partial charge in [-0.25, -0.2) is 4.98 Å². The van der Waals surface area contributed by atoms with Crippen molar-refractivity contribution >= 4 is 11.5 Å². The van der Waals surface area contributed by atoms with E-state index in [-0.39, 0.29) is 5.69 Å². The number of nitro benzene ring substituents is 1. The summed E-state index contributed by atoms with van der Waals surface area (Å²) in [5, 5.41) is 13.5. The van der Waals surface area contributed by atoms with E-state index in [1.165, 1.54) is 12.1 Å². The second-order valence-corrected chi connectivity index (χ2v) is 3.80. The van der Waals surface area contributed by atoms with Gasteiger partial charge in [-0.05, 0) is 24.3 Å². The lowest BCUT2D eigenvalue weighted by atomic mass is 10.3. The first-order valence-corrected chi connectivity index (χ1v) is 5.70. The maximum Gasteiger partial charge on any atom is 0.269 e. The highest BCUT2D eigenvalue weighted by Crippen LogP contribution is 2.18. The minimum Gasteiger partial charge on any atom is -0.487 e. The highest BCUT2D eigenvalue weighted by molar-refractivity contribution is 5.36. The molecule has 0 aliphatic heterocycles. The quantitative estimate of drug-likeness (QED) is 0.659. The molecule has 0 atom stereocenters. The van der Waals surface area contributed by atoms with Gasteiger partial charge in [0, 0.05) is 19.2 Å². The number of hydrogen-bond donors (Lipinski definition) is 1. The van der Waals surface area contributed by atoms with Crippen LogP contribution in [0.2, 0.25) is 0 Å². The molecule has 2 rings (SSSR count). The Bertz CT molecular complexity index is 570. The van der Waals surface area contributed by atoms with Gasteiger partial charge < -0.3 is 10.1 Å². The van der Waals surface area contributed by atoms with E-state index < -0.39 is 4.92 Å². The van der Waals surface area contributed by atoms with Crippen LogP contribution in [0.25, 0.3) is 0 Å². The zero-order valence-electron chi connectivity index (χ0n) is 10.4. The number of ether oxygens (including phenoxy) is 1. The smallest absolute Gasteiger partial charge is 0.269 e. The molecule has 1 heterocycles. The number of aromatic nitrogens is 1. The summed E-state index contributed by atoms with van der Waals surface area (Å²) in [6.45, 7) is 0.313. The van der Waals surface area contributed by atoms with Gasteiger partial charge in [-0.1, -0.05) is 6.07 Å². The van der Waals surface area contributed by atoms with Gasteiger partial charge in [0.2, 0.25) is 0 Å². The average Bonchev–Trinajstić information content (AvgIpc) is 2.46. The van der Waals surface area contributed by atoms with Crippen molar-refractivity contribution in [3.05, 3.63) is 58.3 Å². The summed E-state index contributed by atoms with van der Waals surface area (Å²) in [4.78, 5) is 14.4. The van der Waals surface area contributed by atoms with Gasteiger partial charge in [-0.15, -0.1) is 0 Å². The molecule has 19 heavy (non-hydrogen) atoms. The molecule has 0 unspecified atom stereocenters. The van der Waals surface area contributed by atoms with Crippen molar-refractivity contribution in [1.82, 2.24) is 4.98 Å². The molecular weight excluding hydrogens is 246 g/mol. The molecular formula is C13H13N3O3. The largest absolute Gasteiger partial charge is 0.487 e. The number of anilines is 1. The summed E-state index contributed by atoms with van der Waals surface area (Å²) in [6, 6.07) is 11.6. The first kappa shape index (κ1) is 12.8. The minimum atomic E-state index is -0.443. The molecule has 0 bridgehead atoms. The van der Waals surface area contributed by atoms with Gasteiger partial charge in [0.05, 0.1) is 10.6 Å². The Morgan fingerprint density at radius 3 is 2.63 bits per heavy atom. The number of non-ortho nitro benzene ring substituents is 1. The molecule has 6 heteroatoms. The number of nitro groups is 1. The van der Waals surface area contributed by atoms with E-state index in [2.05, 4.69) is 10.3 Å². The summed E-state index contributed by atoms with van der Waals surface area (Å²) in [7, 11) is 1.79. The topological polar surface area (TPSA) is 77.3 Å². The standard InChI is InChI=1S/C13H13N3O3/c1-14-13-4-2-3-10(15-13)9-19-12-7-5-11(6-8-12)16(17)18/h2-8H,9H2,1H3,(H,14,15). The summed E-state index contributed by atoms with van der Waals surface area (Å²) in [5.74, 6) is 1.34. The number of benzene rings is 1. The van der Waals surface area contributed by atoms with Crippen LogP contribution in [0.5, 0.6) is 5.75 Å². The van der Waals surface area contributed by atoms with Crippen molar-refractivity contribution in [3.8, 4) is 5.75 Å². The fourth-order valence-electron chi connectivity index (χ4n) is 1.52. The third kappa shape index (κ3) is 3.41. The minimum absolute atomic E-state index is 0.0441.